The van der Waals surface area contributed by atoms with Crippen LogP contribution in [0.15, 0.2) is 42.5 Å². The monoisotopic (exact) mass is 462 g/mol. The van der Waals surface area contributed by atoms with E-state index in [0.29, 0.717) is 18.2 Å². The van der Waals surface area contributed by atoms with Gasteiger partial charge in [0.2, 0.25) is 0 Å². The fraction of sp³-hybridized carbons (Fsp3) is 0.333. The fourth-order valence-corrected chi connectivity index (χ4v) is 4.00. The van der Waals surface area contributed by atoms with Crippen molar-refractivity contribution in [3.8, 4) is 17.0 Å². The number of nitrogens with zero attached hydrogens (tertiary/aromatic N) is 5. The smallest absolute Gasteiger partial charge is 0.322 e. The first kappa shape index (κ1) is 23.1. The van der Waals surface area contributed by atoms with Gasteiger partial charge in [-0.05, 0) is 37.8 Å². The van der Waals surface area contributed by atoms with Gasteiger partial charge in [-0.1, -0.05) is 30.3 Å². The largest absolute Gasteiger partial charge is 0.504 e. The average molecular weight is 463 g/mol. The summed E-state index contributed by atoms with van der Waals surface area (Å²) in [5.74, 6) is -0.636. The number of piperidine rings is 1. The van der Waals surface area contributed by atoms with Crippen molar-refractivity contribution >= 4 is 17.7 Å². The Hall–Kier alpha value is -4.08. The SMILES string of the molecule is Cc1nc(CC2CCN(c3ccc(-c4ccccc4)nn3)CC2)nc(C(=O)NCC(=O)O)c1O. The van der Waals surface area contributed by atoms with Gasteiger partial charge in [-0.25, -0.2) is 9.97 Å². The van der Waals surface area contributed by atoms with Crippen LogP contribution >= 0.6 is 0 Å². The molecule has 10 heteroatoms. The van der Waals surface area contributed by atoms with Crippen molar-refractivity contribution in [3.63, 3.8) is 0 Å². The van der Waals surface area contributed by atoms with Gasteiger partial charge in [-0.2, -0.15) is 0 Å². The molecule has 3 aromatic rings. The van der Waals surface area contributed by atoms with Crippen LogP contribution in [0.25, 0.3) is 11.3 Å². The first-order chi connectivity index (χ1) is 16.4. The lowest BCUT2D eigenvalue weighted by atomic mass is 9.93. The van der Waals surface area contributed by atoms with E-state index in [4.69, 9.17) is 5.11 Å². The second-order valence-electron chi connectivity index (χ2n) is 8.28. The second-order valence-corrected chi connectivity index (χ2v) is 8.28. The maximum Gasteiger partial charge on any atom is 0.322 e. The zero-order chi connectivity index (χ0) is 24.1. The molecule has 1 aromatic carbocycles. The lowest BCUT2D eigenvalue weighted by molar-refractivity contribution is -0.135. The summed E-state index contributed by atoms with van der Waals surface area (Å²) in [6.07, 6.45) is 2.35. The Kier molecular flexibility index (Phi) is 6.95. The Balaban J connectivity index is 1.37. The van der Waals surface area contributed by atoms with Crippen molar-refractivity contribution in [2.24, 2.45) is 5.92 Å². The van der Waals surface area contributed by atoms with E-state index < -0.39 is 18.4 Å². The number of aryl methyl sites for hydroxylation is 1. The summed E-state index contributed by atoms with van der Waals surface area (Å²) in [5.41, 5.74) is 1.95. The number of hydrogen-bond acceptors (Lipinski definition) is 8. The molecular formula is C24H26N6O4. The van der Waals surface area contributed by atoms with E-state index in [1.165, 1.54) is 0 Å². The molecule has 34 heavy (non-hydrogen) atoms. The number of carbonyl (C=O) groups excluding carboxylic acids is 1. The number of aromatic hydroxyl groups is 1. The first-order valence-electron chi connectivity index (χ1n) is 11.1. The molecule has 1 fully saturated rings. The molecule has 0 atom stereocenters. The number of carboxylic acid groups (broad SMARTS) is 1. The standard InChI is InChI=1S/C24H26N6O4/c1-15-23(33)22(24(34)25-14-21(31)32)27-19(26-15)13-16-9-11-30(12-10-16)20-8-7-18(28-29-20)17-5-3-2-4-6-17/h2-8,16,33H,9-14H2,1H3,(H,25,34)(H,31,32). The lowest BCUT2D eigenvalue weighted by Gasteiger charge is -2.32. The van der Waals surface area contributed by atoms with Gasteiger partial charge in [0.05, 0.1) is 11.4 Å². The number of benzene rings is 1. The predicted octanol–water partition coefficient (Wildman–Crippen LogP) is 2.22. The average Bonchev–Trinajstić information content (AvgIpc) is 2.86. The molecule has 1 aliphatic heterocycles. The highest BCUT2D eigenvalue weighted by atomic mass is 16.4. The number of carboxylic acids is 1. The maximum absolute atomic E-state index is 12.2. The molecule has 0 bridgehead atoms. The van der Waals surface area contributed by atoms with Crippen LogP contribution < -0.4 is 10.2 Å². The van der Waals surface area contributed by atoms with Gasteiger partial charge >= 0.3 is 5.97 Å². The highest BCUT2D eigenvalue weighted by Gasteiger charge is 2.24. The van der Waals surface area contributed by atoms with Crippen molar-refractivity contribution in [2.45, 2.75) is 26.2 Å². The molecule has 0 unspecified atom stereocenters. The number of nitrogens with one attached hydrogen (secondary N) is 1. The van der Waals surface area contributed by atoms with E-state index in [9.17, 15) is 14.7 Å². The number of aromatic nitrogens is 4. The van der Waals surface area contributed by atoms with Crippen molar-refractivity contribution in [1.82, 2.24) is 25.5 Å². The van der Waals surface area contributed by atoms with E-state index in [1.54, 1.807) is 6.92 Å². The van der Waals surface area contributed by atoms with Gasteiger partial charge in [-0.15, -0.1) is 10.2 Å². The summed E-state index contributed by atoms with van der Waals surface area (Å²) >= 11 is 0. The zero-order valence-electron chi connectivity index (χ0n) is 18.8. The molecule has 1 saturated heterocycles. The van der Waals surface area contributed by atoms with Gasteiger partial charge in [0.1, 0.15) is 12.4 Å². The Morgan fingerprint density at radius 2 is 1.79 bits per heavy atom. The minimum Gasteiger partial charge on any atom is -0.504 e. The van der Waals surface area contributed by atoms with E-state index >= 15 is 0 Å². The van der Waals surface area contributed by atoms with Crippen LogP contribution in [-0.4, -0.2) is 61.9 Å². The number of amides is 1. The minimum absolute atomic E-state index is 0.199. The van der Waals surface area contributed by atoms with E-state index in [1.807, 2.05) is 42.5 Å². The third-order valence-corrected chi connectivity index (χ3v) is 5.85. The molecule has 0 radical (unpaired) electrons. The van der Waals surface area contributed by atoms with E-state index in [0.717, 1.165) is 43.0 Å². The summed E-state index contributed by atoms with van der Waals surface area (Å²) in [6.45, 7) is 2.67. The molecule has 0 saturated carbocycles. The van der Waals surface area contributed by atoms with Crippen molar-refractivity contribution in [3.05, 3.63) is 59.7 Å². The van der Waals surface area contributed by atoms with Gasteiger partial charge in [0.15, 0.2) is 17.3 Å². The normalized spacial score (nSPS) is 14.1. The van der Waals surface area contributed by atoms with Crippen LogP contribution in [0.4, 0.5) is 5.82 Å². The summed E-state index contributed by atoms with van der Waals surface area (Å²) in [4.78, 5) is 33.7. The third kappa shape index (κ3) is 5.45. The van der Waals surface area contributed by atoms with Gasteiger partial charge in [-0.3, -0.25) is 9.59 Å². The number of hydrogen-bond donors (Lipinski definition) is 3. The van der Waals surface area contributed by atoms with Crippen LogP contribution in [0.2, 0.25) is 0 Å². The summed E-state index contributed by atoms with van der Waals surface area (Å²) in [5, 5.41) is 29.9. The summed E-state index contributed by atoms with van der Waals surface area (Å²) in [6, 6.07) is 13.9. The van der Waals surface area contributed by atoms with Crippen LogP contribution in [-0.2, 0) is 11.2 Å². The third-order valence-electron chi connectivity index (χ3n) is 5.85. The Labute approximate surface area is 196 Å². The highest BCUT2D eigenvalue weighted by molar-refractivity contribution is 5.96. The van der Waals surface area contributed by atoms with Crippen LogP contribution in [0.1, 0.15) is 34.8 Å². The Bertz CT molecular complexity index is 1160. The number of aliphatic carboxylic acids is 1. The second kappa shape index (κ2) is 10.2. The molecule has 0 aliphatic carbocycles. The maximum atomic E-state index is 12.2. The molecule has 1 amide bonds. The quantitative estimate of drug-likeness (QED) is 0.482. The van der Waals surface area contributed by atoms with Crippen LogP contribution in [0, 0.1) is 12.8 Å². The molecular weight excluding hydrogens is 436 g/mol. The number of rotatable bonds is 7. The molecule has 3 heterocycles. The summed E-state index contributed by atoms with van der Waals surface area (Å²) < 4.78 is 0. The van der Waals surface area contributed by atoms with E-state index in [-0.39, 0.29) is 17.1 Å². The van der Waals surface area contributed by atoms with Gasteiger partial charge < -0.3 is 20.4 Å². The molecule has 0 spiro atoms. The Morgan fingerprint density at radius 3 is 2.44 bits per heavy atom. The van der Waals surface area contributed by atoms with Gasteiger partial charge in [0.25, 0.3) is 5.91 Å². The fourth-order valence-electron chi connectivity index (χ4n) is 4.00. The van der Waals surface area contributed by atoms with Gasteiger partial charge in [0, 0.05) is 25.1 Å². The minimum atomic E-state index is -1.18. The molecule has 3 N–H and O–H groups in total. The molecule has 4 rings (SSSR count). The molecule has 2 aromatic heterocycles. The summed E-state index contributed by atoms with van der Waals surface area (Å²) in [7, 11) is 0. The molecule has 10 nitrogen and oxygen atoms in total. The van der Waals surface area contributed by atoms with Crippen molar-refractivity contribution in [1.29, 1.82) is 0 Å². The number of carbonyl (C=O) groups is 2. The predicted molar refractivity (Wildman–Crippen MR) is 125 cm³/mol. The topological polar surface area (TPSA) is 141 Å². The van der Waals surface area contributed by atoms with Crippen molar-refractivity contribution in [2.75, 3.05) is 24.5 Å². The van der Waals surface area contributed by atoms with E-state index in [2.05, 4.69) is 30.4 Å². The molecule has 176 valence electrons. The highest BCUT2D eigenvalue weighted by Crippen LogP contribution is 2.26. The first-order valence-corrected chi connectivity index (χ1v) is 11.1. The van der Waals surface area contributed by atoms with Crippen LogP contribution in [0.5, 0.6) is 5.75 Å². The molecule has 1 aliphatic rings. The zero-order valence-corrected chi connectivity index (χ0v) is 18.8. The number of anilines is 1. The van der Waals surface area contributed by atoms with Crippen LogP contribution in [0.3, 0.4) is 0 Å². The van der Waals surface area contributed by atoms with Crippen molar-refractivity contribution < 1.29 is 19.8 Å². The Morgan fingerprint density at radius 1 is 1.06 bits per heavy atom. The lowest BCUT2D eigenvalue weighted by Crippen LogP contribution is -2.35.